The van der Waals surface area contributed by atoms with Crippen molar-refractivity contribution in [3.8, 4) is 5.75 Å². The third kappa shape index (κ3) is 5.68. The van der Waals surface area contributed by atoms with E-state index in [1.807, 2.05) is 31.2 Å². The first-order valence-electron chi connectivity index (χ1n) is 5.81. The first-order chi connectivity index (χ1) is 8.26. The molecule has 0 radical (unpaired) electrons. The monoisotopic (exact) mass is 239 g/mol. The van der Waals surface area contributed by atoms with Gasteiger partial charge in [0.05, 0.1) is 13.2 Å². The minimum absolute atomic E-state index is 0.118. The standard InChI is InChI=1S/C13H21NO3/c1-11(10-15)14-9-12-3-5-13(6-4-12)17-8-7-16-2/h3-6,11,14-15H,7-10H2,1-2H3/t11-/m1/s1. The van der Waals surface area contributed by atoms with Crippen molar-refractivity contribution in [2.75, 3.05) is 26.9 Å². The lowest BCUT2D eigenvalue weighted by atomic mass is 10.2. The van der Waals surface area contributed by atoms with Crippen molar-refractivity contribution in [2.24, 2.45) is 0 Å². The van der Waals surface area contributed by atoms with Gasteiger partial charge in [-0.1, -0.05) is 12.1 Å². The molecule has 0 aliphatic carbocycles. The van der Waals surface area contributed by atoms with Crippen molar-refractivity contribution in [1.82, 2.24) is 5.32 Å². The fourth-order valence-electron chi connectivity index (χ4n) is 1.30. The predicted molar refractivity (Wildman–Crippen MR) is 67.2 cm³/mol. The number of aliphatic hydroxyl groups is 1. The van der Waals surface area contributed by atoms with Crippen LogP contribution in [0, 0.1) is 0 Å². The Kier molecular flexibility index (Phi) is 6.62. The lowest BCUT2D eigenvalue weighted by Crippen LogP contribution is -2.28. The summed E-state index contributed by atoms with van der Waals surface area (Å²) in [5.74, 6) is 0.848. The van der Waals surface area contributed by atoms with E-state index in [2.05, 4.69) is 5.32 Å². The van der Waals surface area contributed by atoms with Crippen LogP contribution in [0.4, 0.5) is 0 Å². The van der Waals surface area contributed by atoms with E-state index in [1.165, 1.54) is 5.56 Å². The van der Waals surface area contributed by atoms with Gasteiger partial charge in [-0.15, -0.1) is 0 Å². The Hall–Kier alpha value is -1.10. The molecule has 0 aliphatic heterocycles. The molecule has 1 aromatic carbocycles. The topological polar surface area (TPSA) is 50.7 Å². The summed E-state index contributed by atoms with van der Waals surface area (Å²) >= 11 is 0. The molecule has 1 rings (SSSR count). The molecule has 2 N–H and O–H groups in total. The van der Waals surface area contributed by atoms with E-state index >= 15 is 0 Å². The third-order valence-electron chi connectivity index (χ3n) is 2.41. The van der Waals surface area contributed by atoms with Gasteiger partial charge in [0.15, 0.2) is 0 Å². The Balaban J connectivity index is 2.34. The number of methoxy groups -OCH3 is 1. The second-order valence-electron chi connectivity index (χ2n) is 3.95. The van der Waals surface area contributed by atoms with Gasteiger partial charge in [-0.3, -0.25) is 0 Å². The first kappa shape index (κ1) is 14.0. The van der Waals surface area contributed by atoms with E-state index in [9.17, 15) is 0 Å². The van der Waals surface area contributed by atoms with E-state index < -0.39 is 0 Å². The molecule has 0 aliphatic rings. The van der Waals surface area contributed by atoms with Gasteiger partial charge in [-0.2, -0.15) is 0 Å². The van der Waals surface area contributed by atoms with Gasteiger partial charge >= 0.3 is 0 Å². The Morgan fingerprint density at radius 1 is 1.24 bits per heavy atom. The molecule has 1 aromatic rings. The van der Waals surface area contributed by atoms with Crippen molar-refractivity contribution < 1.29 is 14.6 Å². The van der Waals surface area contributed by atoms with Crippen LogP contribution in [0.1, 0.15) is 12.5 Å². The van der Waals surface area contributed by atoms with Gasteiger partial charge in [0.1, 0.15) is 12.4 Å². The molecule has 0 bridgehead atoms. The Morgan fingerprint density at radius 2 is 1.94 bits per heavy atom. The maximum atomic E-state index is 8.88. The molecular weight excluding hydrogens is 218 g/mol. The van der Waals surface area contributed by atoms with E-state index in [0.717, 1.165) is 12.3 Å². The summed E-state index contributed by atoms with van der Waals surface area (Å²) in [6.45, 7) is 4.01. The van der Waals surface area contributed by atoms with Crippen molar-refractivity contribution >= 4 is 0 Å². The highest BCUT2D eigenvalue weighted by molar-refractivity contribution is 5.27. The molecule has 0 unspecified atom stereocenters. The first-order valence-corrected chi connectivity index (χ1v) is 5.81. The maximum absolute atomic E-state index is 8.88. The Morgan fingerprint density at radius 3 is 2.53 bits per heavy atom. The quantitative estimate of drug-likeness (QED) is 0.669. The average Bonchev–Trinajstić information content (AvgIpc) is 2.37. The molecule has 96 valence electrons. The summed E-state index contributed by atoms with van der Waals surface area (Å²) < 4.78 is 10.4. The van der Waals surface area contributed by atoms with Crippen molar-refractivity contribution in [3.05, 3.63) is 29.8 Å². The van der Waals surface area contributed by atoms with Gasteiger partial charge < -0.3 is 19.9 Å². The largest absolute Gasteiger partial charge is 0.491 e. The molecular formula is C13H21NO3. The Labute approximate surface area is 103 Å². The van der Waals surface area contributed by atoms with E-state index in [-0.39, 0.29) is 12.6 Å². The second-order valence-corrected chi connectivity index (χ2v) is 3.95. The fourth-order valence-corrected chi connectivity index (χ4v) is 1.30. The summed E-state index contributed by atoms with van der Waals surface area (Å²) in [7, 11) is 1.65. The number of ether oxygens (including phenoxy) is 2. The number of nitrogens with one attached hydrogen (secondary N) is 1. The third-order valence-corrected chi connectivity index (χ3v) is 2.41. The van der Waals surface area contributed by atoms with Crippen LogP contribution in [0.2, 0.25) is 0 Å². The van der Waals surface area contributed by atoms with Crippen molar-refractivity contribution in [2.45, 2.75) is 19.5 Å². The molecule has 0 spiro atoms. The summed E-state index contributed by atoms with van der Waals surface area (Å²) in [5, 5.41) is 12.1. The zero-order valence-electron chi connectivity index (χ0n) is 10.5. The van der Waals surface area contributed by atoms with Gasteiger partial charge in [0, 0.05) is 19.7 Å². The molecule has 0 aromatic heterocycles. The summed E-state index contributed by atoms with van der Waals surface area (Å²) in [6, 6.07) is 8.03. The van der Waals surface area contributed by atoms with Gasteiger partial charge in [-0.05, 0) is 24.6 Å². The van der Waals surface area contributed by atoms with Crippen LogP contribution in [0.25, 0.3) is 0 Å². The number of hydrogen-bond donors (Lipinski definition) is 2. The zero-order valence-corrected chi connectivity index (χ0v) is 10.5. The smallest absolute Gasteiger partial charge is 0.119 e. The molecule has 1 atom stereocenters. The highest BCUT2D eigenvalue weighted by Crippen LogP contribution is 2.12. The van der Waals surface area contributed by atoms with Crippen LogP contribution >= 0.6 is 0 Å². The summed E-state index contributed by atoms with van der Waals surface area (Å²) in [5.41, 5.74) is 1.17. The number of hydrogen-bond acceptors (Lipinski definition) is 4. The fraction of sp³-hybridized carbons (Fsp3) is 0.538. The van der Waals surface area contributed by atoms with Crippen LogP contribution in [0.3, 0.4) is 0 Å². The molecule has 0 heterocycles. The van der Waals surface area contributed by atoms with Crippen molar-refractivity contribution in [3.63, 3.8) is 0 Å². The summed E-state index contributed by atoms with van der Waals surface area (Å²) in [4.78, 5) is 0. The normalized spacial score (nSPS) is 12.4. The van der Waals surface area contributed by atoms with E-state index in [4.69, 9.17) is 14.6 Å². The second kappa shape index (κ2) is 8.06. The van der Waals surface area contributed by atoms with Gasteiger partial charge in [0.25, 0.3) is 0 Å². The molecule has 17 heavy (non-hydrogen) atoms. The van der Waals surface area contributed by atoms with Crippen molar-refractivity contribution in [1.29, 1.82) is 0 Å². The van der Waals surface area contributed by atoms with Crippen LogP contribution in [-0.4, -0.2) is 38.1 Å². The number of rotatable bonds is 8. The number of aliphatic hydroxyl groups excluding tert-OH is 1. The van der Waals surface area contributed by atoms with Gasteiger partial charge in [0.2, 0.25) is 0 Å². The minimum atomic E-state index is 0.118. The highest BCUT2D eigenvalue weighted by atomic mass is 16.5. The molecule has 0 fully saturated rings. The molecule has 0 saturated heterocycles. The van der Waals surface area contributed by atoms with Crippen LogP contribution in [0.15, 0.2) is 24.3 Å². The lowest BCUT2D eigenvalue weighted by Gasteiger charge is -2.11. The summed E-state index contributed by atoms with van der Waals surface area (Å²) in [6.07, 6.45) is 0. The van der Waals surface area contributed by atoms with Crippen LogP contribution < -0.4 is 10.1 Å². The van der Waals surface area contributed by atoms with E-state index in [1.54, 1.807) is 7.11 Å². The Bertz CT molecular complexity index is 300. The number of benzene rings is 1. The molecule has 4 heteroatoms. The molecule has 0 saturated carbocycles. The lowest BCUT2D eigenvalue weighted by molar-refractivity contribution is 0.146. The van der Waals surface area contributed by atoms with E-state index in [0.29, 0.717) is 13.2 Å². The zero-order chi connectivity index (χ0) is 12.5. The molecule has 0 amide bonds. The average molecular weight is 239 g/mol. The predicted octanol–water partition coefficient (Wildman–Crippen LogP) is 1.18. The van der Waals surface area contributed by atoms with Crippen LogP contribution in [0.5, 0.6) is 5.75 Å². The highest BCUT2D eigenvalue weighted by Gasteiger charge is 1.99. The van der Waals surface area contributed by atoms with Gasteiger partial charge in [-0.25, -0.2) is 0 Å². The molecule has 4 nitrogen and oxygen atoms in total. The minimum Gasteiger partial charge on any atom is -0.491 e. The SMILES string of the molecule is COCCOc1ccc(CN[C@H](C)CO)cc1. The maximum Gasteiger partial charge on any atom is 0.119 e. The van der Waals surface area contributed by atoms with Crippen LogP contribution in [-0.2, 0) is 11.3 Å².